The van der Waals surface area contributed by atoms with Gasteiger partial charge in [-0.1, -0.05) is 5.16 Å². The Bertz CT molecular complexity index is 522. The van der Waals surface area contributed by atoms with Gasteiger partial charge in [-0.2, -0.15) is 0 Å². The van der Waals surface area contributed by atoms with Crippen LogP contribution in [0.1, 0.15) is 28.9 Å². The first kappa shape index (κ1) is 10.2. The molecule has 0 aliphatic carbocycles. The van der Waals surface area contributed by atoms with Crippen molar-refractivity contribution in [3.63, 3.8) is 0 Å². The second-order valence-electron chi connectivity index (χ2n) is 3.22. The summed E-state index contributed by atoms with van der Waals surface area (Å²) in [4.78, 5) is 10.6. The molecule has 0 saturated heterocycles. The Morgan fingerprint density at radius 2 is 2.38 bits per heavy atom. The van der Waals surface area contributed by atoms with Crippen molar-refractivity contribution >= 4 is 17.6 Å². The van der Waals surface area contributed by atoms with Gasteiger partial charge in [-0.15, -0.1) is 0 Å². The minimum atomic E-state index is -1.13. The van der Waals surface area contributed by atoms with Gasteiger partial charge in [0.2, 0.25) is 5.76 Å². The van der Waals surface area contributed by atoms with Crippen LogP contribution < -0.4 is 0 Å². The van der Waals surface area contributed by atoms with Crippen LogP contribution in [0, 0.1) is 0 Å². The molecule has 0 bridgehead atoms. The molecule has 1 N–H and O–H groups in total. The fourth-order valence-corrected chi connectivity index (χ4v) is 1.22. The third-order valence-electron chi connectivity index (χ3n) is 2.03. The zero-order chi connectivity index (χ0) is 11.5. The molecule has 0 radical (unpaired) electrons. The molecule has 2 aromatic heterocycles. The Labute approximate surface area is 91.0 Å². The van der Waals surface area contributed by atoms with Crippen LogP contribution in [0.25, 0.3) is 11.6 Å². The van der Waals surface area contributed by atoms with E-state index in [2.05, 4.69) is 9.68 Å². The highest BCUT2D eigenvalue weighted by Gasteiger charge is 2.11. The Balaban J connectivity index is 2.27. The van der Waals surface area contributed by atoms with Crippen LogP contribution in [0.3, 0.4) is 0 Å². The van der Waals surface area contributed by atoms with Crippen molar-refractivity contribution in [3.05, 3.63) is 41.7 Å². The summed E-state index contributed by atoms with van der Waals surface area (Å²) in [5.41, 5.74) is 1.25. The number of carboxylic acid groups (broad SMARTS) is 1. The first-order valence-corrected chi connectivity index (χ1v) is 4.59. The highest BCUT2D eigenvalue weighted by atomic mass is 16.5. The summed E-state index contributed by atoms with van der Waals surface area (Å²) < 4.78 is 9.77. The molecule has 0 aliphatic heterocycles. The van der Waals surface area contributed by atoms with Crippen molar-refractivity contribution < 1.29 is 18.8 Å². The van der Waals surface area contributed by atoms with E-state index in [4.69, 9.17) is 9.52 Å². The van der Waals surface area contributed by atoms with Gasteiger partial charge in [0.25, 0.3) is 0 Å². The van der Waals surface area contributed by atoms with Crippen LogP contribution in [0.15, 0.2) is 33.4 Å². The Morgan fingerprint density at radius 3 is 2.94 bits per heavy atom. The highest BCUT2D eigenvalue weighted by molar-refractivity contribution is 5.86. The van der Waals surface area contributed by atoms with E-state index < -0.39 is 5.97 Å². The Hall–Kier alpha value is -2.30. The standard InChI is InChI=1S/C11H9NO4/c1-7(5-8-3-2-4-15-8)9-6-10(11(13)14)16-12-9/h2-6H,1H3,(H,13,14)/b7-5-. The van der Waals surface area contributed by atoms with Gasteiger partial charge in [0.1, 0.15) is 11.5 Å². The summed E-state index contributed by atoms with van der Waals surface area (Å²) in [5.74, 6) is -0.635. The summed E-state index contributed by atoms with van der Waals surface area (Å²) in [6, 6.07) is 4.93. The third-order valence-corrected chi connectivity index (χ3v) is 2.03. The van der Waals surface area contributed by atoms with Gasteiger partial charge in [0, 0.05) is 6.07 Å². The minimum Gasteiger partial charge on any atom is -0.475 e. The van der Waals surface area contributed by atoms with Gasteiger partial charge in [0.15, 0.2) is 0 Å². The molecule has 2 rings (SSSR count). The molecule has 0 aromatic carbocycles. The van der Waals surface area contributed by atoms with Crippen molar-refractivity contribution in [2.75, 3.05) is 0 Å². The molecular weight excluding hydrogens is 210 g/mol. The van der Waals surface area contributed by atoms with Crippen molar-refractivity contribution in [2.24, 2.45) is 0 Å². The van der Waals surface area contributed by atoms with Gasteiger partial charge in [0.05, 0.1) is 6.26 Å². The van der Waals surface area contributed by atoms with Gasteiger partial charge >= 0.3 is 5.97 Å². The van der Waals surface area contributed by atoms with E-state index in [1.807, 2.05) is 0 Å². The molecule has 16 heavy (non-hydrogen) atoms. The van der Waals surface area contributed by atoms with E-state index in [0.29, 0.717) is 11.5 Å². The summed E-state index contributed by atoms with van der Waals surface area (Å²) in [6.07, 6.45) is 3.31. The number of nitrogens with zero attached hydrogens (tertiary/aromatic N) is 1. The van der Waals surface area contributed by atoms with Gasteiger partial charge < -0.3 is 14.0 Å². The lowest BCUT2D eigenvalue weighted by Crippen LogP contribution is -1.91. The van der Waals surface area contributed by atoms with E-state index >= 15 is 0 Å². The van der Waals surface area contributed by atoms with Crippen molar-refractivity contribution in [1.29, 1.82) is 0 Å². The molecule has 0 atom stereocenters. The summed E-state index contributed by atoms with van der Waals surface area (Å²) in [6.45, 7) is 1.80. The molecule has 0 amide bonds. The van der Waals surface area contributed by atoms with Crippen LogP contribution in [-0.2, 0) is 0 Å². The zero-order valence-corrected chi connectivity index (χ0v) is 8.51. The van der Waals surface area contributed by atoms with Crippen LogP contribution in [0.5, 0.6) is 0 Å². The Morgan fingerprint density at radius 1 is 1.56 bits per heavy atom. The monoisotopic (exact) mass is 219 g/mol. The molecule has 0 saturated carbocycles. The average Bonchev–Trinajstić information content (AvgIpc) is 2.86. The molecule has 0 spiro atoms. The molecule has 0 aliphatic rings. The largest absolute Gasteiger partial charge is 0.475 e. The van der Waals surface area contributed by atoms with E-state index in [0.717, 1.165) is 5.57 Å². The van der Waals surface area contributed by atoms with Crippen molar-refractivity contribution in [1.82, 2.24) is 5.16 Å². The first-order valence-electron chi connectivity index (χ1n) is 4.59. The maximum absolute atomic E-state index is 10.6. The quantitative estimate of drug-likeness (QED) is 0.858. The number of hydrogen-bond donors (Lipinski definition) is 1. The molecule has 0 fully saturated rings. The molecular formula is C11H9NO4. The number of allylic oxidation sites excluding steroid dienone is 1. The predicted molar refractivity (Wildman–Crippen MR) is 55.7 cm³/mol. The van der Waals surface area contributed by atoms with Crippen LogP contribution in [0.2, 0.25) is 0 Å². The number of aromatic carboxylic acids is 1. The molecule has 0 unspecified atom stereocenters. The number of carbonyl (C=O) groups is 1. The van der Waals surface area contributed by atoms with E-state index in [-0.39, 0.29) is 5.76 Å². The number of hydrogen-bond acceptors (Lipinski definition) is 4. The van der Waals surface area contributed by atoms with Crippen LogP contribution >= 0.6 is 0 Å². The first-order chi connectivity index (χ1) is 7.66. The molecule has 2 aromatic rings. The number of aromatic nitrogens is 1. The zero-order valence-electron chi connectivity index (χ0n) is 8.51. The lowest BCUT2D eigenvalue weighted by molar-refractivity contribution is 0.0652. The SMILES string of the molecule is C/C(=C/c1ccco1)c1cc(C(=O)O)on1. The minimum absolute atomic E-state index is 0.179. The maximum Gasteiger partial charge on any atom is 0.374 e. The fourth-order valence-electron chi connectivity index (χ4n) is 1.22. The molecule has 82 valence electrons. The Kier molecular flexibility index (Phi) is 2.59. The lowest BCUT2D eigenvalue weighted by atomic mass is 10.2. The fraction of sp³-hybridized carbons (Fsp3) is 0.0909. The lowest BCUT2D eigenvalue weighted by Gasteiger charge is -1.91. The van der Waals surface area contributed by atoms with Crippen molar-refractivity contribution in [2.45, 2.75) is 6.92 Å². The molecule has 5 nitrogen and oxygen atoms in total. The maximum atomic E-state index is 10.6. The third kappa shape index (κ3) is 2.03. The van der Waals surface area contributed by atoms with E-state index in [1.165, 1.54) is 6.07 Å². The van der Waals surface area contributed by atoms with Crippen molar-refractivity contribution in [3.8, 4) is 0 Å². The van der Waals surface area contributed by atoms with Crippen LogP contribution in [0.4, 0.5) is 0 Å². The summed E-state index contributed by atoms with van der Waals surface area (Å²) in [7, 11) is 0. The average molecular weight is 219 g/mol. The second-order valence-corrected chi connectivity index (χ2v) is 3.22. The summed E-state index contributed by atoms with van der Waals surface area (Å²) in [5, 5.41) is 12.3. The van der Waals surface area contributed by atoms with E-state index in [1.54, 1.807) is 31.4 Å². The topological polar surface area (TPSA) is 76.5 Å². The molecule has 5 heteroatoms. The van der Waals surface area contributed by atoms with Gasteiger partial charge in [-0.05, 0) is 30.7 Å². The van der Waals surface area contributed by atoms with Gasteiger partial charge in [-0.3, -0.25) is 0 Å². The number of rotatable bonds is 3. The highest BCUT2D eigenvalue weighted by Crippen LogP contribution is 2.17. The predicted octanol–water partition coefficient (Wildman–Crippen LogP) is 2.53. The van der Waals surface area contributed by atoms with E-state index in [9.17, 15) is 4.79 Å². The van der Waals surface area contributed by atoms with Gasteiger partial charge in [-0.25, -0.2) is 4.79 Å². The normalized spacial score (nSPS) is 11.7. The van der Waals surface area contributed by atoms with Crippen LogP contribution in [-0.4, -0.2) is 16.2 Å². The smallest absolute Gasteiger partial charge is 0.374 e. The number of carboxylic acids is 1. The number of furan rings is 1. The second kappa shape index (κ2) is 4.06. The molecule has 2 heterocycles. The summed E-state index contributed by atoms with van der Waals surface area (Å²) >= 11 is 0.